The predicted octanol–water partition coefficient (Wildman–Crippen LogP) is 4.91. The molecular formula is C29H41FN4O3. The van der Waals surface area contributed by atoms with Crippen molar-refractivity contribution in [1.82, 2.24) is 15.2 Å². The number of likely N-dealkylation sites (tertiary alicyclic amines) is 1. The van der Waals surface area contributed by atoms with Gasteiger partial charge in [-0.2, -0.15) is 0 Å². The molecule has 2 atom stereocenters. The van der Waals surface area contributed by atoms with Crippen molar-refractivity contribution in [1.29, 1.82) is 0 Å². The van der Waals surface area contributed by atoms with Gasteiger partial charge in [0, 0.05) is 36.9 Å². The highest BCUT2D eigenvalue weighted by Gasteiger charge is 2.36. The molecule has 2 aromatic rings. The summed E-state index contributed by atoms with van der Waals surface area (Å²) in [7, 11) is 1.39. The number of aliphatic carboxylic acids is 1. The smallest absolute Gasteiger partial charge is 0.325 e. The number of hydrogen-bond acceptors (Lipinski definition) is 6. The largest absolute Gasteiger partial charge is 0.493 e. The van der Waals surface area contributed by atoms with E-state index in [1.807, 2.05) is 18.7 Å². The van der Waals surface area contributed by atoms with Crippen LogP contribution in [0.3, 0.4) is 0 Å². The topological polar surface area (TPSA) is 86.7 Å². The number of ether oxygens (including phenoxy) is 1. The minimum Gasteiger partial charge on any atom is -0.493 e. The molecule has 0 radical (unpaired) electrons. The highest BCUT2D eigenvalue weighted by atomic mass is 19.1. The second-order valence-corrected chi connectivity index (χ2v) is 10.6. The molecule has 8 heteroatoms. The fourth-order valence-electron chi connectivity index (χ4n) is 5.48. The van der Waals surface area contributed by atoms with Crippen LogP contribution in [0.5, 0.6) is 5.75 Å². The fourth-order valence-corrected chi connectivity index (χ4v) is 5.48. The second-order valence-electron chi connectivity index (χ2n) is 10.6. The van der Waals surface area contributed by atoms with Gasteiger partial charge in [0.25, 0.3) is 0 Å². The van der Waals surface area contributed by atoms with Gasteiger partial charge in [0.2, 0.25) is 0 Å². The van der Waals surface area contributed by atoms with Crippen LogP contribution in [-0.2, 0) is 17.6 Å². The maximum atomic E-state index is 14.8. The van der Waals surface area contributed by atoms with Gasteiger partial charge in [-0.1, -0.05) is 26.3 Å². The summed E-state index contributed by atoms with van der Waals surface area (Å²) in [5, 5.41) is 17.1. The number of carbonyl (C=O) groups is 1. The number of fused-ring (bicyclic) bond motifs is 1. The zero-order valence-corrected chi connectivity index (χ0v) is 22.4. The molecule has 1 saturated heterocycles. The van der Waals surface area contributed by atoms with E-state index in [1.165, 1.54) is 25.2 Å². The SMILES string of the molecule is COc1c(F)cc(C(C)C)cc1[C@H](C(=O)O)N1CC[C@@H](NCCCCCc2ccc3c(n2)NCCC3)C1. The molecule has 0 aliphatic carbocycles. The van der Waals surface area contributed by atoms with E-state index in [0.717, 1.165) is 68.7 Å². The molecule has 1 aromatic heterocycles. The number of nitrogens with one attached hydrogen (secondary N) is 2. The fraction of sp³-hybridized carbons (Fsp3) is 0.586. The monoisotopic (exact) mass is 512 g/mol. The third kappa shape index (κ3) is 6.79. The zero-order valence-electron chi connectivity index (χ0n) is 22.4. The number of pyridine rings is 1. The Labute approximate surface area is 219 Å². The first-order valence-electron chi connectivity index (χ1n) is 13.7. The summed E-state index contributed by atoms with van der Waals surface area (Å²) < 4.78 is 20.1. The first-order valence-corrected chi connectivity index (χ1v) is 13.7. The Morgan fingerprint density at radius 3 is 2.89 bits per heavy atom. The van der Waals surface area contributed by atoms with Crippen LogP contribution in [0.1, 0.15) is 80.3 Å². The summed E-state index contributed by atoms with van der Waals surface area (Å²) in [4.78, 5) is 19.0. The number of unbranched alkanes of at least 4 members (excludes halogenated alkanes) is 2. The Morgan fingerprint density at radius 1 is 1.30 bits per heavy atom. The third-order valence-electron chi connectivity index (χ3n) is 7.57. The Morgan fingerprint density at radius 2 is 2.14 bits per heavy atom. The van der Waals surface area contributed by atoms with Gasteiger partial charge in [0.1, 0.15) is 11.9 Å². The highest BCUT2D eigenvalue weighted by Crippen LogP contribution is 2.36. The van der Waals surface area contributed by atoms with Crippen LogP contribution in [0, 0.1) is 5.82 Å². The van der Waals surface area contributed by atoms with E-state index in [9.17, 15) is 14.3 Å². The molecule has 1 fully saturated rings. The molecule has 37 heavy (non-hydrogen) atoms. The maximum Gasteiger partial charge on any atom is 0.325 e. The summed E-state index contributed by atoms with van der Waals surface area (Å²) in [6, 6.07) is 6.89. The number of nitrogens with zero attached hydrogens (tertiary/aromatic N) is 2. The molecular weight excluding hydrogens is 471 g/mol. The van der Waals surface area contributed by atoms with Crippen molar-refractivity contribution in [3.8, 4) is 5.75 Å². The summed E-state index contributed by atoms with van der Waals surface area (Å²) in [6.45, 7) is 7.10. The molecule has 0 bridgehead atoms. The lowest BCUT2D eigenvalue weighted by Gasteiger charge is -2.27. The van der Waals surface area contributed by atoms with E-state index in [1.54, 1.807) is 6.07 Å². The lowest BCUT2D eigenvalue weighted by atomic mass is 9.95. The Balaban J connectivity index is 1.25. The molecule has 4 rings (SSSR count). The molecule has 7 nitrogen and oxygen atoms in total. The number of hydrogen-bond donors (Lipinski definition) is 3. The highest BCUT2D eigenvalue weighted by molar-refractivity contribution is 5.77. The van der Waals surface area contributed by atoms with Gasteiger partial charge in [-0.3, -0.25) is 9.69 Å². The molecule has 2 aliphatic rings. The molecule has 0 spiro atoms. The molecule has 1 aromatic carbocycles. The Hall–Kier alpha value is -2.71. The Kier molecular flexibility index (Phi) is 9.38. The van der Waals surface area contributed by atoms with Gasteiger partial charge >= 0.3 is 5.97 Å². The van der Waals surface area contributed by atoms with Crippen LogP contribution < -0.4 is 15.4 Å². The molecule has 3 N–H and O–H groups in total. The molecule has 202 valence electrons. The van der Waals surface area contributed by atoms with Gasteiger partial charge < -0.3 is 20.5 Å². The van der Waals surface area contributed by atoms with Crippen molar-refractivity contribution in [3.05, 3.63) is 52.5 Å². The third-order valence-corrected chi connectivity index (χ3v) is 7.57. The van der Waals surface area contributed by atoms with Crippen LogP contribution in [0.4, 0.5) is 10.2 Å². The Bertz CT molecular complexity index is 1080. The molecule has 0 saturated carbocycles. The first-order chi connectivity index (χ1) is 17.9. The van der Waals surface area contributed by atoms with Gasteiger partial charge in [-0.15, -0.1) is 0 Å². The molecule has 3 heterocycles. The molecule has 0 amide bonds. The number of halogens is 1. The quantitative estimate of drug-likeness (QED) is 0.348. The summed E-state index contributed by atoms with van der Waals surface area (Å²) in [5.74, 6) is -0.318. The van der Waals surface area contributed by atoms with Gasteiger partial charge in [0.05, 0.1) is 7.11 Å². The van der Waals surface area contributed by atoms with E-state index < -0.39 is 17.8 Å². The summed E-state index contributed by atoms with van der Waals surface area (Å²) >= 11 is 0. The lowest BCUT2D eigenvalue weighted by molar-refractivity contribution is -0.143. The normalized spacial score (nSPS) is 18.5. The van der Waals surface area contributed by atoms with Crippen LogP contribution in [-0.4, -0.2) is 60.3 Å². The van der Waals surface area contributed by atoms with E-state index in [2.05, 4.69) is 22.8 Å². The van der Waals surface area contributed by atoms with Crippen LogP contribution in [0.25, 0.3) is 0 Å². The van der Waals surface area contributed by atoms with Crippen molar-refractivity contribution in [3.63, 3.8) is 0 Å². The number of carboxylic acid groups (broad SMARTS) is 1. The summed E-state index contributed by atoms with van der Waals surface area (Å²) in [5.41, 5.74) is 3.65. The number of methoxy groups -OCH3 is 1. The van der Waals surface area contributed by atoms with Crippen molar-refractivity contribution in [2.24, 2.45) is 0 Å². The van der Waals surface area contributed by atoms with Gasteiger partial charge in [-0.25, -0.2) is 9.37 Å². The minimum absolute atomic E-state index is 0.0254. The van der Waals surface area contributed by atoms with Crippen molar-refractivity contribution < 1.29 is 19.0 Å². The van der Waals surface area contributed by atoms with Crippen LogP contribution in [0.15, 0.2) is 24.3 Å². The number of carboxylic acids is 1. The first kappa shape index (κ1) is 27.3. The second kappa shape index (κ2) is 12.7. The number of rotatable bonds is 12. The van der Waals surface area contributed by atoms with Gasteiger partial charge in [-0.05, 0) is 80.3 Å². The lowest BCUT2D eigenvalue weighted by Crippen LogP contribution is -2.37. The number of aryl methyl sites for hydroxylation is 2. The van der Waals surface area contributed by atoms with Crippen LogP contribution >= 0.6 is 0 Å². The minimum atomic E-state index is -0.981. The van der Waals surface area contributed by atoms with Crippen LogP contribution in [0.2, 0.25) is 0 Å². The zero-order chi connectivity index (χ0) is 26.4. The summed E-state index contributed by atoms with van der Waals surface area (Å²) in [6.07, 6.45) is 7.42. The number of benzene rings is 1. The van der Waals surface area contributed by atoms with Gasteiger partial charge in [0.15, 0.2) is 11.6 Å². The predicted molar refractivity (Wildman–Crippen MR) is 144 cm³/mol. The van der Waals surface area contributed by atoms with Crippen molar-refractivity contribution in [2.45, 2.75) is 76.8 Å². The van der Waals surface area contributed by atoms with E-state index in [4.69, 9.17) is 9.72 Å². The average Bonchev–Trinajstić information content (AvgIpc) is 3.33. The average molecular weight is 513 g/mol. The molecule has 0 unspecified atom stereocenters. The van der Waals surface area contributed by atoms with E-state index in [-0.39, 0.29) is 17.7 Å². The standard InChI is InChI=1S/C29H41FN4O3/c1-19(2)21-16-24(27(37-3)25(30)17-21)26(29(35)36)34-15-12-23(18-34)31-13-6-4-5-9-22-11-10-20-8-7-14-32-28(20)33-22/h10-11,16-17,19,23,26,31H,4-9,12-15,18H2,1-3H3,(H,32,33)(H,35,36)/t23-,26-/m1/s1. The number of anilines is 1. The van der Waals surface area contributed by atoms with Crippen molar-refractivity contribution in [2.75, 3.05) is 38.6 Å². The number of aromatic nitrogens is 1. The van der Waals surface area contributed by atoms with E-state index in [0.29, 0.717) is 18.7 Å². The molecule has 2 aliphatic heterocycles. The van der Waals surface area contributed by atoms with Crippen molar-refractivity contribution >= 4 is 11.8 Å². The van der Waals surface area contributed by atoms with E-state index >= 15 is 0 Å². The maximum absolute atomic E-state index is 14.8.